The predicted octanol–water partition coefficient (Wildman–Crippen LogP) is 3.30. The highest BCUT2D eigenvalue weighted by Crippen LogP contribution is 2.37. The zero-order valence-corrected chi connectivity index (χ0v) is 11.1. The summed E-state index contributed by atoms with van der Waals surface area (Å²) >= 11 is 2.94. The molecule has 1 aromatic carbocycles. The third-order valence-electron chi connectivity index (χ3n) is 3.28. The third kappa shape index (κ3) is 2.37. The molecule has 2 nitrogen and oxygen atoms in total. The van der Waals surface area contributed by atoms with Crippen LogP contribution in [0.25, 0.3) is 0 Å². The first kappa shape index (κ1) is 12.9. The molecule has 0 aliphatic carbocycles. The first-order valence-corrected chi connectivity index (χ1v) is 6.27. The van der Waals surface area contributed by atoms with Crippen LogP contribution in [0, 0.1) is 11.6 Å². The van der Waals surface area contributed by atoms with Gasteiger partial charge in [0.1, 0.15) is 11.6 Å². The van der Waals surface area contributed by atoms with E-state index in [2.05, 4.69) is 15.9 Å². The molecule has 0 bridgehead atoms. The van der Waals surface area contributed by atoms with E-state index < -0.39 is 23.3 Å². The summed E-state index contributed by atoms with van der Waals surface area (Å²) in [6, 6.07) is 1.58. The number of halogens is 3. The largest absolute Gasteiger partial charge is 0.373 e. The minimum absolute atomic E-state index is 0.100. The van der Waals surface area contributed by atoms with Crippen molar-refractivity contribution in [3.05, 3.63) is 33.8 Å². The lowest BCUT2D eigenvalue weighted by Crippen LogP contribution is -2.38. The summed E-state index contributed by atoms with van der Waals surface area (Å²) in [4.78, 5) is 0. The van der Waals surface area contributed by atoms with Crippen LogP contribution >= 0.6 is 15.9 Å². The smallest absolute Gasteiger partial charge is 0.137 e. The summed E-state index contributed by atoms with van der Waals surface area (Å²) in [7, 11) is 0. The maximum atomic E-state index is 13.8. The maximum absolute atomic E-state index is 13.8. The Morgan fingerprint density at radius 2 is 2.12 bits per heavy atom. The fourth-order valence-electron chi connectivity index (χ4n) is 2.15. The molecule has 94 valence electrons. The minimum atomic E-state index is -0.660. The molecule has 1 aliphatic rings. The van der Waals surface area contributed by atoms with Crippen molar-refractivity contribution in [3.63, 3.8) is 0 Å². The summed E-state index contributed by atoms with van der Waals surface area (Å²) in [5.41, 5.74) is 5.56. The van der Waals surface area contributed by atoms with E-state index in [0.717, 1.165) is 25.0 Å². The van der Waals surface area contributed by atoms with Gasteiger partial charge in [-0.2, -0.15) is 0 Å². The Morgan fingerprint density at radius 3 is 2.71 bits per heavy atom. The molecule has 1 aliphatic heterocycles. The molecule has 0 amide bonds. The molecule has 1 fully saturated rings. The van der Waals surface area contributed by atoms with Gasteiger partial charge in [0.05, 0.1) is 16.1 Å². The van der Waals surface area contributed by atoms with Crippen LogP contribution in [0.3, 0.4) is 0 Å². The summed E-state index contributed by atoms with van der Waals surface area (Å²) in [6.07, 6.45) is 1.65. The van der Waals surface area contributed by atoms with Crippen molar-refractivity contribution in [2.75, 3.05) is 6.61 Å². The van der Waals surface area contributed by atoms with Gasteiger partial charge >= 0.3 is 0 Å². The molecular weight excluding hydrogens is 292 g/mol. The molecule has 0 spiro atoms. The summed E-state index contributed by atoms with van der Waals surface area (Å²) in [6.45, 7) is 2.45. The van der Waals surface area contributed by atoms with E-state index in [1.54, 1.807) is 0 Å². The van der Waals surface area contributed by atoms with Crippen molar-refractivity contribution in [1.82, 2.24) is 0 Å². The topological polar surface area (TPSA) is 35.2 Å². The van der Waals surface area contributed by atoms with Crippen LogP contribution in [0.2, 0.25) is 0 Å². The highest BCUT2D eigenvalue weighted by Gasteiger charge is 2.38. The fourth-order valence-corrected chi connectivity index (χ4v) is 2.47. The third-order valence-corrected chi connectivity index (χ3v) is 3.89. The number of hydrogen-bond donors (Lipinski definition) is 1. The summed E-state index contributed by atoms with van der Waals surface area (Å²) in [5.74, 6) is -1.03. The lowest BCUT2D eigenvalue weighted by Gasteiger charge is -2.31. The Hall–Kier alpha value is -0.520. The van der Waals surface area contributed by atoms with Crippen LogP contribution in [0.1, 0.15) is 31.4 Å². The Bertz CT molecular complexity index is 433. The van der Waals surface area contributed by atoms with Gasteiger partial charge in [0, 0.05) is 12.2 Å². The normalized spacial score (nSPS) is 26.2. The first-order chi connectivity index (χ1) is 7.94. The zero-order valence-electron chi connectivity index (χ0n) is 9.47. The number of nitrogens with two attached hydrogens (primary N) is 1. The molecule has 0 aromatic heterocycles. The quantitative estimate of drug-likeness (QED) is 0.851. The van der Waals surface area contributed by atoms with Crippen LogP contribution in [-0.4, -0.2) is 12.2 Å². The van der Waals surface area contributed by atoms with Gasteiger partial charge in [-0.3, -0.25) is 0 Å². The number of hydrogen-bond acceptors (Lipinski definition) is 2. The van der Waals surface area contributed by atoms with Crippen molar-refractivity contribution in [2.45, 2.75) is 31.4 Å². The molecule has 2 rings (SSSR count). The van der Waals surface area contributed by atoms with Gasteiger partial charge < -0.3 is 10.5 Å². The molecule has 0 radical (unpaired) electrons. The van der Waals surface area contributed by atoms with Crippen LogP contribution in [-0.2, 0) is 4.74 Å². The van der Waals surface area contributed by atoms with Crippen molar-refractivity contribution in [2.24, 2.45) is 5.73 Å². The molecule has 2 unspecified atom stereocenters. The standard InChI is InChI=1S/C12H14BrF2NO/c1-12(3-2-4-17-12)11(16)7-5-10(15)8(13)6-9(7)14/h5-6,11H,2-4,16H2,1H3. The Labute approximate surface area is 107 Å². The Balaban J connectivity index is 2.36. The van der Waals surface area contributed by atoms with E-state index in [1.807, 2.05) is 6.92 Å². The molecule has 1 aromatic rings. The highest BCUT2D eigenvalue weighted by atomic mass is 79.9. The van der Waals surface area contributed by atoms with Crippen molar-refractivity contribution >= 4 is 15.9 Å². The van der Waals surface area contributed by atoms with Gasteiger partial charge in [0.25, 0.3) is 0 Å². The number of benzene rings is 1. The lowest BCUT2D eigenvalue weighted by molar-refractivity contribution is -0.00264. The maximum Gasteiger partial charge on any atom is 0.137 e. The van der Waals surface area contributed by atoms with Crippen LogP contribution in [0.15, 0.2) is 16.6 Å². The molecule has 5 heteroatoms. The van der Waals surface area contributed by atoms with Crippen LogP contribution in [0.5, 0.6) is 0 Å². The molecule has 17 heavy (non-hydrogen) atoms. The molecule has 0 saturated carbocycles. The van der Waals surface area contributed by atoms with E-state index >= 15 is 0 Å². The van der Waals surface area contributed by atoms with E-state index in [1.165, 1.54) is 0 Å². The fraction of sp³-hybridized carbons (Fsp3) is 0.500. The van der Waals surface area contributed by atoms with Crippen LogP contribution in [0.4, 0.5) is 8.78 Å². The predicted molar refractivity (Wildman–Crippen MR) is 64.6 cm³/mol. The summed E-state index contributed by atoms with van der Waals surface area (Å²) in [5, 5.41) is 0. The Kier molecular flexibility index (Phi) is 3.52. The van der Waals surface area contributed by atoms with Crippen molar-refractivity contribution in [1.29, 1.82) is 0 Å². The van der Waals surface area contributed by atoms with Gasteiger partial charge in [-0.15, -0.1) is 0 Å². The Morgan fingerprint density at radius 1 is 1.41 bits per heavy atom. The molecule has 2 N–H and O–H groups in total. The van der Waals surface area contributed by atoms with Crippen molar-refractivity contribution < 1.29 is 13.5 Å². The van der Waals surface area contributed by atoms with E-state index in [0.29, 0.717) is 6.61 Å². The number of rotatable bonds is 2. The second-order valence-corrected chi connectivity index (χ2v) is 5.38. The lowest BCUT2D eigenvalue weighted by atomic mass is 9.88. The monoisotopic (exact) mass is 305 g/mol. The van der Waals surface area contributed by atoms with E-state index in [9.17, 15) is 8.78 Å². The highest BCUT2D eigenvalue weighted by molar-refractivity contribution is 9.10. The number of ether oxygens (including phenoxy) is 1. The van der Waals surface area contributed by atoms with Gasteiger partial charge in [-0.05, 0) is 47.8 Å². The second-order valence-electron chi connectivity index (χ2n) is 4.53. The first-order valence-electron chi connectivity index (χ1n) is 5.48. The van der Waals surface area contributed by atoms with Gasteiger partial charge in [-0.25, -0.2) is 8.78 Å². The second kappa shape index (κ2) is 4.63. The molecule has 2 atom stereocenters. The van der Waals surface area contributed by atoms with Crippen LogP contribution < -0.4 is 5.73 Å². The molecule has 1 saturated heterocycles. The zero-order chi connectivity index (χ0) is 12.6. The van der Waals surface area contributed by atoms with Gasteiger partial charge in [0.15, 0.2) is 0 Å². The van der Waals surface area contributed by atoms with Gasteiger partial charge in [0.2, 0.25) is 0 Å². The molecular formula is C12H14BrF2NO. The van der Waals surface area contributed by atoms with Crippen molar-refractivity contribution in [3.8, 4) is 0 Å². The average molecular weight is 306 g/mol. The van der Waals surface area contributed by atoms with E-state index in [-0.39, 0.29) is 10.0 Å². The average Bonchev–Trinajstić information content (AvgIpc) is 2.71. The van der Waals surface area contributed by atoms with Gasteiger partial charge in [-0.1, -0.05) is 0 Å². The molecule has 1 heterocycles. The van der Waals surface area contributed by atoms with E-state index in [4.69, 9.17) is 10.5 Å². The minimum Gasteiger partial charge on any atom is -0.373 e. The SMILES string of the molecule is CC1(C(N)c2cc(F)c(Br)cc2F)CCCO1. The summed E-state index contributed by atoms with van der Waals surface area (Å²) < 4.78 is 32.8.